The first kappa shape index (κ1) is 18.9. The highest BCUT2D eigenvalue weighted by Gasteiger charge is 2.01. The lowest BCUT2D eigenvalue weighted by molar-refractivity contribution is -0.140. The van der Waals surface area contributed by atoms with Crippen LogP contribution in [0.2, 0.25) is 0 Å². The molecule has 0 atom stereocenters. The van der Waals surface area contributed by atoms with Crippen molar-refractivity contribution in [3.8, 4) is 0 Å². The Morgan fingerprint density at radius 3 is 2.70 bits per heavy atom. The van der Waals surface area contributed by atoms with Crippen LogP contribution in [0.5, 0.6) is 0 Å². The molecule has 1 aromatic rings. The quantitative estimate of drug-likeness (QED) is 0.317. The fourth-order valence-corrected chi connectivity index (χ4v) is 2.12. The Kier molecular flexibility index (Phi) is 9.43. The summed E-state index contributed by atoms with van der Waals surface area (Å²) in [7, 11) is 3.12. The maximum atomic E-state index is 13.1. The number of hydrogen-bond acceptors (Lipinski definition) is 3. The van der Waals surface area contributed by atoms with Gasteiger partial charge in [-0.25, -0.2) is 4.39 Å². The van der Waals surface area contributed by atoms with Gasteiger partial charge in [0.15, 0.2) is 5.96 Å². The molecule has 2 N–H and O–H groups in total. The molecule has 0 saturated heterocycles. The van der Waals surface area contributed by atoms with Crippen molar-refractivity contribution >= 4 is 11.9 Å². The number of methoxy groups -OCH3 is 1. The van der Waals surface area contributed by atoms with Gasteiger partial charge in [0.05, 0.1) is 7.11 Å². The number of rotatable bonds is 9. The molecule has 0 aliphatic carbocycles. The van der Waals surface area contributed by atoms with Crippen LogP contribution in [-0.2, 0) is 16.0 Å². The molecule has 1 rings (SSSR count). The van der Waals surface area contributed by atoms with E-state index in [0.29, 0.717) is 13.0 Å². The zero-order chi connectivity index (χ0) is 16.9. The minimum absolute atomic E-state index is 0.159. The van der Waals surface area contributed by atoms with Crippen LogP contribution in [0.4, 0.5) is 4.39 Å². The number of aliphatic imine (C=N–C) groups is 1. The summed E-state index contributed by atoms with van der Waals surface area (Å²) in [5, 5.41) is 6.42. The number of guanidine groups is 1. The summed E-state index contributed by atoms with van der Waals surface area (Å²) in [5.74, 6) is 0.360. The standard InChI is InChI=1S/C17H26FN3O2/c1-19-17(20-11-5-3-4-9-16(22)23-2)21-12-10-14-7-6-8-15(18)13-14/h6-8,13H,3-5,9-12H2,1-2H3,(H2,19,20,21). The molecule has 0 spiro atoms. The first-order valence-corrected chi connectivity index (χ1v) is 7.91. The van der Waals surface area contributed by atoms with E-state index < -0.39 is 0 Å². The number of benzene rings is 1. The Morgan fingerprint density at radius 1 is 1.22 bits per heavy atom. The maximum Gasteiger partial charge on any atom is 0.305 e. The number of unbranched alkanes of at least 4 members (excludes halogenated alkanes) is 2. The monoisotopic (exact) mass is 323 g/mol. The number of esters is 1. The second-order valence-electron chi connectivity index (χ2n) is 5.19. The van der Waals surface area contributed by atoms with E-state index in [2.05, 4.69) is 20.4 Å². The van der Waals surface area contributed by atoms with E-state index >= 15 is 0 Å². The van der Waals surface area contributed by atoms with Gasteiger partial charge in [-0.3, -0.25) is 9.79 Å². The Balaban J connectivity index is 2.11. The molecule has 1 aromatic carbocycles. The van der Waals surface area contributed by atoms with Crippen LogP contribution < -0.4 is 10.6 Å². The lowest BCUT2D eigenvalue weighted by Crippen LogP contribution is -2.38. The van der Waals surface area contributed by atoms with E-state index in [4.69, 9.17) is 0 Å². The van der Waals surface area contributed by atoms with Gasteiger partial charge in [0.1, 0.15) is 5.82 Å². The van der Waals surface area contributed by atoms with Crippen LogP contribution in [0.3, 0.4) is 0 Å². The van der Waals surface area contributed by atoms with Gasteiger partial charge in [-0.15, -0.1) is 0 Å². The van der Waals surface area contributed by atoms with E-state index in [1.807, 2.05) is 6.07 Å². The summed E-state index contributed by atoms with van der Waals surface area (Å²) >= 11 is 0. The van der Waals surface area contributed by atoms with Crippen molar-refractivity contribution in [1.82, 2.24) is 10.6 Å². The second-order valence-corrected chi connectivity index (χ2v) is 5.19. The van der Waals surface area contributed by atoms with Crippen LogP contribution in [0.15, 0.2) is 29.3 Å². The Hall–Kier alpha value is -2.11. The predicted octanol–water partition coefficient (Wildman–Crippen LogP) is 2.27. The largest absolute Gasteiger partial charge is 0.469 e. The summed E-state index contributed by atoms with van der Waals surface area (Å²) in [6.45, 7) is 1.48. The normalized spacial score (nSPS) is 11.2. The third kappa shape index (κ3) is 8.80. The number of carbonyl (C=O) groups excluding carboxylic acids is 1. The highest BCUT2D eigenvalue weighted by atomic mass is 19.1. The summed E-state index contributed by atoms with van der Waals surface area (Å²) < 4.78 is 17.7. The molecule has 6 heteroatoms. The van der Waals surface area contributed by atoms with Crippen LogP contribution >= 0.6 is 0 Å². The van der Waals surface area contributed by atoms with E-state index in [9.17, 15) is 9.18 Å². The lowest BCUT2D eigenvalue weighted by atomic mass is 10.1. The molecule has 0 radical (unpaired) electrons. The number of halogens is 1. The van der Waals surface area contributed by atoms with Crippen LogP contribution in [0.1, 0.15) is 31.2 Å². The SMILES string of the molecule is CN=C(NCCCCCC(=O)OC)NCCc1cccc(F)c1. The smallest absolute Gasteiger partial charge is 0.305 e. The van der Waals surface area contributed by atoms with Crippen molar-refractivity contribution in [3.63, 3.8) is 0 Å². The molecular weight excluding hydrogens is 297 g/mol. The van der Waals surface area contributed by atoms with Crippen molar-refractivity contribution in [2.24, 2.45) is 4.99 Å². The van der Waals surface area contributed by atoms with Gasteiger partial charge in [0.25, 0.3) is 0 Å². The molecule has 0 aliphatic rings. The minimum Gasteiger partial charge on any atom is -0.469 e. The van der Waals surface area contributed by atoms with Crippen molar-refractivity contribution in [2.75, 3.05) is 27.2 Å². The first-order valence-electron chi connectivity index (χ1n) is 7.91. The Morgan fingerprint density at radius 2 is 2.00 bits per heavy atom. The zero-order valence-electron chi connectivity index (χ0n) is 13.9. The van der Waals surface area contributed by atoms with E-state index in [-0.39, 0.29) is 11.8 Å². The third-order valence-electron chi connectivity index (χ3n) is 3.40. The van der Waals surface area contributed by atoms with Gasteiger partial charge >= 0.3 is 5.97 Å². The maximum absolute atomic E-state index is 13.1. The molecule has 5 nitrogen and oxygen atoms in total. The molecule has 0 amide bonds. The number of hydrogen-bond donors (Lipinski definition) is 2. The highest BCUT2D eigenvalue weighted by molar-refractivity contribution is 5.79. The van der Waals surface area contributed by atoms with Gasteiger partial charge in [0, 0.05) is 26.6 Å². The molecule has 128 valence electrons. The molecular formula is C17H26FN3O2. The fraction of sp³-hybridized carbons (Fsp3) is 0.529. The second kappa shape index (κ2) is 11.5. The van der Waals surface area contributed by atoms with Crippen molar-refractivity contribution in [2.45, 2.75) is 32.1 Å². The summed E-state index contributed by atoms with van der Waals surface area (Å²) in [4.78, 5) is 15.1. The summed E-state index contributed by atoms with van der Waals surface area (Å²) in [6, 6.07) is 6.60. The summed E-state index contributed by atoms with van der Waals surface area (Å²) in [6.07, 6.45) is 3.96. The lowest BCUT2D eigenvalue weighted by Gasteiger charge is -2.11. The van der Waals surface area contributed by atoms with Crippen molar-refractivity contribution in [3.05, 3.63) is 35.6 Å². The van der Waals surface area contributed by atoms with Crippen molar-refractivity contribution in [1.29, 1.82) is 0 Å². The molecule has 23 heavy (non-hydrogen) atoms. The number of nitrogens with one attached hydrogen (secondary N) is 2. The Labute approximate surface area is 137 Å². The molecule has 0 unspecified atom stereocenters. The highest BCUT2D eigenvalue weighted by Crippen LogP contribution is 2.03. The first-order chi connectivity index (χ1) is 11.2. The van der Waals surface area contributed by atoms with Gasteiger partial charge in [-0.2, -0.15) is 0 Å². The predicted molar refractivity (Wildman–Crippen MR) is 90.0 cm³/mol. The Bertz CT molecular complexity index is 506. The third-order valence-corrected chi connectivity index (χ3v) is 3.40. The fourth-order valence-electron chi connectivity index (χ4n) is 2.12. The topological polar surface area (TPSA) is 62.7 Å². The molecule has 0 heterocycles. The molecule has 0 saturated carbocycles. The average molecular weight is 323 g/mol. The van der Waals surface area contributed by atoms with Crippen LogP contribution in [0.25, 0.3) is 0 Å². The van der Waals surface area contributed by atoms with Gasteiger partial charge in [0.2, 0.25) is 0 Å². The molecule has 0 bridgehead atoms. The van der Waals surface area contributed by atoms with E-state index in [1.165, 1.54) is 13.2 Å². The van der Waals surface area contributed by atoms with Crippen LogP contribution in [0, 0.1) is 5.82 Å². The summed E-state index contributed by atoms with van der Waals surface area (Å²) in [5.41, 5.74) is 0.954. The molecule has 0 aliphatic heterocycles. The van der Waals surface area contributed by atoms with Gasteiger partial charge < -0.3 is 15.4 Å². The van der Waals surface area contributed by atoms with Gasteiger partial charge in [-0.05, 0) is 37.0 Å². The zero-order valence-corrected chi connectivity index (χ0v) is 13.9. The number of nitrogens with zero attached hydrogens (tertiary/aromatic N) is 1. The van der Waals surface area contributed by atoms with E-state index in [0.717, 1.165) is 43.8 Å². The van der Waals surface area contributed by atoms with Crippen LogP contribution in [-0.4, -0.2) is 39.2 Å². The number of carbonyl (C=O) groups is 1. The molecule has 0 aromatic heterocycles. The van der Waals surface area contributed by atoms with E-state index in [1.54, 1.807) is 19.2 Å². The average Bonchev–Trinajstić information content (AvgIpc) is 2.56. The minimum atomic E-state index is -0.211. The molecule has 0 fully saturated rings. The number of ether oxygens (including phenoxy) is 1. The van der Waals surface area contributed by atoms with Gasteiger partial charge in [-0.1, -0.05) is 18.6 Å². The van der Waals surface area contributed by atoms with Crippen molar-refractivity contribution < 1.29 is 13.9 Å².